The number of rotatable bonds is 2. The van der Waals surface area contributed by atoms with Gasteiger partial charge in [0.05, 0.1) is 18.8 Å². The summed E-state index contributed by atoms with van der Waals surface area (Å²) in [5.41, 5.74) is 2.86. The van der Waals surface area contributed by atoms with Gasteiger partial charge in [0.15, 0.2) is 0 Å². The molecule has 0 aliphatic carbocycles. The molecule has 28 heavy (non-hydrogen) atoms. The van der Waals surface area contributed by atoms with Gasteiger partial charge in [-0.15, -0.1) is 0 Å². The Bertz CT molecular complexity index is 1080. The molecule has 0 amide bonds. The lowest BCUT2D eigenvalue weighted by Gasteiger charge is -2.33. The number of amidine groups is 1. The molecule has 2 aromatic heterocycles. The van der Waals surface area contributed by atoms with Crippen LogP contribution in [0.1, 0.15) is 24.1 Å². The van der Waals surface area contributed by atoms with Gasteiger partial charge in [-0.05, 0) is 48.2 Å². The van der Waals surface area contributed by atoms with Gasteiger partial charge in [0.1, 0.15) is 11.7 Å². The highest BCUT2D eigenvalue weighted by molar-refractivity contribution is 6.11. The first kappa shape index (κ1) is 17.0. The Hall–Kier alpha value is -3.09. The van der Waals surface area contributed by atoms with Gasteiger partial charge in [-0.25, -0.2) is 13.8 Å². The summed E-state index contributed by atoms with van der Waals surface area (Å²) in [6.07, 6.45) is 3.87. The molecule has 0 unspecified atom stereocenters. The van der Waals surface area contributed by atoms with Crippen molar-refractivity contribution in [2.45, 2.75) is 25.3 Å². The lowest BCUT2D eigenvalue weighted by Crippen LogP contribution is -2.43. The molecule has 1 N–H and O–H groups in total. The Morgan fingerprint density at radius 1 is 1.07 bits per heavy atom. The third kappa shape index (κ3) is 3.06. The molecule has 5 rings (SSSR count). The average Bonchev–Trinajstić information content (AvgIpc) is 3.09. The molecule has 1 saturated heterocycles. The standard InChI is InChI=1S/C21H19F2N5/c22-21(23)7-2-10-28(13-21)20-16-5-4-15(11-14(16)6-9-25-20)27-19-17-3-1-8-24-18(17)12-26-19/h1,3-6,8-9,11H,2,7,10,12-13H2,(H,26,27). The fraction of sp³-hybridized carbons (Fsp3) is 0.286. The topological polar surface area (TPSA) is 53.4 Å². The number of piperidine rings is 1. The maximum Gasteiger partial charge on any atom is 0.265 e. The predicted molar refractivity (Wildman–Crippen MR) is 106 cm³/mol. The van der Waals surface area contributed by atoms with Crippen molar-refractivity contribution in [3.63, 3.8) is 0 Å². The highest BCUT2D eigenvalue weighted by Crippen LogP contribution is 2.33. The van der Waals surface area contributed by atoms with Crippen LogP contribution in [0.25, 0.3) is 10.8 Å². The molecule has 0 radical (unpaired) electrons. The first-order valence-electron chi connectivity index (χ1n) is 9.36. The number of alkyl halides is 2. The van der Waals surface area contributed by atoms with Crippen LogP contribution in [0.15, 0.2) is 53.8 Å². The van der Waals surface area contributed by atoms with Gasteiger partial charge >= 0.3 is 0 Å². The quantitative estimate of drug-likeness (QED) is 0.724. The second-order valence-corrected chi connectivity index (χ2v) is 7.24. The summed E-state index contributed by atoms with van der Waals surface area (Å²) in [7, 11) is 0. The summed E-state index contributed by atoms with van der Waals surface area (Å²) in [5.74, 6) is -1.24. The SMILES string of the molecule is FC1(F)CCCN(c2nccc3cc(NC4=NCc5ncccc54)ccc23)C1. The van der Waals surface area contributed by atoms with Crippen molar-refractivity contribution in [3.05, 3.63) is 60.0 Å². The van der Waals surface area contributed by atoms with Gasteiger partial charge in [-0.1, -0.05) is 0 Å². The lowest BCUT2D eigenvalue weighted by molar-refractivity contribution is -0.0117. The molecule has 0 atom stereocenters. The van der Waals surface area contributed by atoms with E-state index >= 15 is 0 Å². The highest BCUT2D eigenvalue weighted by Gasteiger charge is 2.36. The van der Waals surface area contributed by atoms with Crippen molar-refractivity contribution >= 4 is 28.1 Å². The van der Waals surface area contributed by atoms with E-state index in [2.05, 4.69) is 20.3 Å². The fourth-order valence-corrected chi connectivity index (χ4v) is 3.90. The number of fused-ring (bicyclic) bond motifs is 2. The van der Waals surface area contributed by atoms with E-state index in [-0.39, 0.29) is 13.0 Å². The molecule has 0 bridgehead atoms. The summed E-state index contributed by atoms with van der Waals surface area (Å²) in [5, 5.41) is 5.19. The molecule has 1 fully saturated rings. The van der Waals surface area contributed by atoms with E-state index in [1.54, 1.807) is 17.3 Å². The fourth-order valence-electron chi connectivity index (χ4n) is 3.90. The maximum atomic E-state index is 13.9. The minimum atomic E-state index is -2.66. The number of aromatic nitrogens is 2. The molecule has 142 valence electrons. The second-order valence-electron chi connectivity index (χ2n) is 7.24. The Morgan fingerprint density at radius 2 is 2.00 bits per heavy atom. The van der Waals surface area contributed by atoms with E-state index in [9.17, 15) is 8.78 Å². The van der Waals surface area contributed by atoms with Gasteiger partial charge in [0.25, 0.3) is 5.92 Å². The van der Waals surface area contributed by atoms with Crippen molar-refractivity contribution in [1.82, 2.24) is 9.97 Å². The normalized spacial score (nSPS) is 18.1. The van der Waals surface area contributed by atoms with Gasteiger partial charge in [-0.3, -0.25) is 9.98 Å². The molecule has 0 saturated carbocycles. The maximum absolute atomic E-state index is 13.9. The van der Waals surface area contributed by atoms with Crippen LogP contribution < -0.4 is 10.2 Å². The number of hydrogen-bond donors (Lipinski definition) is 1. The monoisotopic (exact) mass is 379 g/mol. The van der Waals surface area contributed by atoms with Gasteiger partial charge in [0.2, 0.25) is 0 Å². The third-order valence-electron chi connectivity index (χ3n) is 5.23. The molecule has 2 aliphatic heterocycles. The van der Waals surface area contributed by atoms with Crippen molar-refractivity contribution in [3.8, 4) is 0 Å². The number of pyridine rings is 2. The molecule has 0 spiro atoms. The number of nitrogens with zero attached hydrogens (tertiary/aromatic N) is 4. The van der Waals surface area contributed by atoms with Crippen LogP contribution in [-0.2, 0) is 6.54 Å². The molecule has 5 nitrogen and oxygen atoms in total. The number of benzene rings is 1. The van der Waals surface area contributed by atoms with Crippen LogP contribution in [0.5, 0.6) is 0 Å². The largest absolute Gasteiger partial charge is 0.350 e. The smallest absolute Gasteiger partial charge is 0.265 e. The number of halogens is 2. The van der Waals surface area contributed by atoms with Gasteiger partial charge in [-0.2, -0.15) is 0 Å². The van der Waals surface area contributed by atoms with Crippen LogP contribution in [0, 0.1) is 0 Å². The first-order valence-corrected chi connectivity index (χ1v) is 9.36. The average molecular weight is 379 g/mol. The van der Waals surface area contributed by atoms with Crippen molar-refractivity contribution in [2.24, 2.45) is 4.99 Å². The number of hydrogen-bond acceptors (Lipinski definition) is 5. The predicted octanol–water partition coefficient (Wildman–Crippen LogP) is 4.24. The van der Waals surface area contributed by atoms with Crippen LogP contribution in [0.2, 0.25) is 0 Å². The molecule has 2 aliphatic rings. The minimum Gasteiger partial charge on any atom is -0.350 e. The number of aliphatic imine (C=N–C) groups is 1. The minimum absolute atomic E-state index is 0.0548. The summed E-state index contributed by atoms with van der Waals surface area (Å²) in [6.45, 7) is 0.894. The van der Waals surface area contributed by atoms with Gasteiger partial charge in [0, 0.05) is 42.0 Å². The van der Waals surface area contributed by atoms with Crippen LogP contribution in [-0.4, -0.2) is 34.8 Å². The Balaban J connectivity index is 1.45. The first-order chi connectivity index (χ1) is 13.6. The molecule has 4 heterocycles. The van der Waals surface area contributed by atoms with E-state index in [0.29, 0.717) is 25.3 Å². The van der Waals surface area contributed by atoms with E-state index in [0.717, 1.165) is 33.6 Å². The molecule has 1 aromatic carbocycles. The Labute approximate surface area is 161 Å². The zero-order valence-corrected chi connectivity index (χ0v) is 15.2. The van der Waals surface area contributed by atoms with Crippen molar-refractivity contribution in [1.29, 1.82) is 0 Å². The number of nitrogens with one attached hydrogen (secondary N) is 1. The van der Waals surface area contributed by atoms with E-state index in [1.165, 1.54) is 0 Å². The molecular formula is C21H19F2N5. The molecular weight excluding hydrogens is 360 g/mol. The van der Waals surface area contributed by atoms with Crippen molar-refractivity contribution < 1.29 is 8.78 Å². The molecule has 7 heteroatoms. The summed E-state index contributed by atoms with van der Waals surface area (Å²) < 4.78 is 27.7. The summed E-state index contributed by atoms with van der Waals surface area (Å²) >= 11 is 0. The van der Waals surface area contributed by atoms with Crippen molar-refractivity contribution in [2.75, 3.05) is 23.3 Å². The van der Waals surface area contributed by atoms with Crippen LogP contribution >= 0.6 is 0 Å². The highest BCUT2D eigenvalue weighted by atomic mass is 19.3. The Kier molecular flexibility index (Phi) is 3.96. The van der Waals surface area contributed by atoms with E-state index in [4.69, 9.17) is 0 Å². The summed E-state index contributed by atoms with van der Waals surface area (Å²) in [6, 6.07) is 11.7. The zero-order valence-electron chi connectivity index (χ0n) is 15.2. The number of anilines is 2. The lowest BCUT2D eigenvalue weighted by atomic mass is 10.1. The second kappa shape index (κ2) is 6.51. The van der Waals surface area contributed by atoms with Crippen LogP contribution in [0.4, 0.5) is 20.3 Å². The summed E-state index contributed by atoms with van der Waals surface area (Å²) in [4.78, 5) is 15.0. The third-order valence-corrected chi connectivity index (χ3v) is 5.23. The van der Waals surface area contributed by atoms with Gasteiger partial charge < -0.3 is 10.2 Å². The molecule has 3 aromatic rings. The zero-order chi connectivity index (χ0) is 19.1. The van der Waals surface area contributed by atoms with E-state index < -0.39 is 5.92 Å². The van der Waals surface area contributed by atoms with Crippen LogP contribution in [0.3, 0.4) is 0 Å². The van der Waals surface area contributed by atoms with E-state index in [1.807, 2.05) is 36.4 Å². The Morgan fingerprint density at radius 3 is 2.89 bits per heavy atom.